The van der Waals surface area contributed by atoms with E-state index in [0.717, 1.165) is 5.69 Å². The van der Waals surface area contributed by atoms with Gasteiger partial charge in [0, 0.05) is 37.6 Å². The molecule has 1 fully saturated rings. The summed E-state index contributed by atoms with van der Waals surface area (Å²) in [5.74, 6) is -0.525. The van der Waals surface area contributed by atoms with E-state index in [0.29, 0.717) is 31.9 Å². The summed E-state index contributed by atoms with van der Waals surface area (Å²) in [6.07, 6.45) is 0.948. The van der Waals surface area contributed by atoms with Crippen molar-refractivity contribution in [1.82, 2.24) is 20.3 Å². The fourth-order valence-corrected chi connectivity index (χ4v) is 3.22. The highest BCUT2D eigenvalue weighted by molar-refractivity contribution is 6.29. The van der Waals surface area contributed by atoms with Gasteiger partial charge in [0.25, 0.3) is 5.91 Å². The Morgan fingerprint density at radius 2 is 1.81 bits per heavy atom. The zero-order chi connectivity index (χ0) is 23.3. The number of rotatable bonds is 5. The first kappa shape index (κ1) is 23.2. The van der Waals surface area contributed by atoms with Gasteiger partial charge in [-0.2, -0.15) is 5.53 Å². The molecule has 2 aromatic rings. The van der Waals surface area contributed by atoms with E-state index in [-0.39, 0.29) is 22.8 Å². The number of hydrogen-bond donors (Lipinski definition) is 3. The molecular formula is C20H25ClN8O3. The number of halogens is 1. The summed E-state index contributed by atoms with van der Waals surface area (Å²) >= 11 is 5.91. The van der Waals surface area contributed by atoms with Crippen LogP contribution in [-0.2, 0) is 4.74 Å². The number of aromatic nitrogens is 2. The standard InChI is InChI=1S/C20H25ClN8O3/c1-20(2,3)32-19(31)29-10-8-28(9-11-29)14-6-4-13(5-7-14)24-17-16(18(30)26-27-22)23-12-15(21)25-17/h4-7,12H,8-11H2,1-3H3,(H,24,25)(H2,22,26,30). The van der Waals surface area contributed by atoms with Crippen molar-refractivity contribution in [3.63, 3.8) is 0 Å². The van der Waals surface area contributed by atoms with Crippen molar-refractivity contribution in [2.24, 2.45) is 5.22 Å². The van der Waals surface area contributed by atoms with Gasteiger partial charge in [0.1, 0.15) is 10.8 Å². The molecule has 32 heavy (non-hydrogen) atoms. The summed E-state index contributed by atoms with van der Waals surface area (Å²) in [7, 11) is 0. The first-order valence-corrected chi connectivity index (χ1v) is 10.3. The van der Waals surface area contributed by atoms with Crippen LogP contribution in [-0.4, -0.2) is 58.6 Å². The minimum Gasteiger partial charge on any atom is -0.444 e. The Hall–Kier alpha value is -3.47. The van der Waals surface area contributed by atoms with E-state index in [4.69, 9.17) is 21.9 Å². The molecule has 11 nitrogen and oxygen atoms in total. The van der Waals surface area contributed by atoms with Crippen LogP contribution in [0.4, 0.5) is 22.0 Å². The molecule has 0 atom stereocenters. The average Bonchev–Trinajstić information content (AvgIpc) is 2.73. The topological polar surface area (TPSA) is 136 Å². The lowest BCUT2D eigenvalue weighted by molar-refractivity contribution is 0.0240. The summed E-state index contributed by atoms with van der Waals surface area (Å²) in [6.45, 7) is 8.09. The van der Waals surface area contributed by atoms with Gasteiger partial charge in [0.15, 0.2) is 11.5 Å². The molecule has 1 saturated heterocycles. The number of ether oxygens (including phenoxy) is 1. The summed E-state index contributed by atoms with van der Waals surface area (Å²) < 4.78 is 5.44. The maximum Gasteiger partial charge on any atom is 0.410 e. The van der Waals surface area contributed by atoms with Crippen LogP contribution in [0.15, 0.2) is 35.7 Å². The molecule has 1 aromatic carbocycles. The van der Waals surface area contributed by atoms with Crippen LogP contribution in [0.1, 0.15) is 31.3 Å². The maximum absolute atomic E-state index is 12.2. The molecule has 2 amide bonds. The summed E-state index contributed by atoms with van der Waals surface area (Å²) in [6, 6.07) is 7.55. The van der Waals surface area contributed by atoms with Crippen molar-refractivity contribution in [2.45, 2.75) is 26.4 Å². The van der Waals surface area contributed by atoms with E-state index in [2.05, 4.69) is 25.4 Å². The molecular weight excluding hydrogens is 436 g/mol. The van der Waals surface area contributed by atoms with Gasteiger partial charge in [-0.25, -0.2) is 20.2 Å². The lowest BCUT2D eigenvalue weighted by Gasteiger charge is -2.36. The Morgan fingerprint density at radius 3 is 2.41 bits per heavy atom. The maximum atomic E-state index is 12.2. The summed E-state index contributed by atoms with van der Waals surface area (Å²) in [5.41, 5.74) is 9.91. The Labute approximate surface area is 190 Å². The van der Waals surface area contributed by atoms with Crippen molar-refractivity contribution in [3.8, 4) is 0 Å². The van der Waals surface area contributed by atoms with Crippen molar-refractivity contribution in [2.75, 3.05) is 36.4 Å². The van der Waals surface area contributed by atoms with Crippen LogP contribution in [0.5, 0.6) is 0 Å². The normalized spacial score (nSPS) is 14.0. The van der Waals surface area contributed by atoms with Gasteiger partial charge in [-0.15, -0.1) is 0 Å². The monoisotopic (exact) mass is 460 g/mol. The number of nitrogens with zero attached hydrogens (tertiary/aromatic N) is 5. The zero-order valence-corrected chi connectivity index (χ0v) is 18.8. The van der Waals surface area contributed by atoms with Gasteiger partial charge in [-0.05, 0) is 45.0 Å². The molecule has 170 valence electrons. The number of anilines is 3. The number of carbonyl (C=O) groups excluding carboxylic acids is 2. The molecule has 0 spiro atoms. The third-order valence-corrected chi connectivity index (χ3v) is 4.72. The van der Waals surface area contributed by atoms with Crippen molar-refractivity contribution in [3.05, 3.63) is 41.3 Å². The largest absolute Gasteiger partial charge is 0.444 e. The SMILES string of the molecule is CC(C)(C)OC(=O)N1CCN(c2ccc(Nc3nc(Cl)cnc3C(=O)NN=N)cc2)CC1. The van der Waals surface area contributed by atoms with Gasteiger partial charge >= 0.3 is 6.09 Å². The van der Waals surface area contributed by atoms with Crippen LogP contribution < -0.4 is 15.6 Å². The van der Waals surface area contributed by atoms with E-state index >= 15 is 0 Å². The number of carbonyl (C=O) groups is 2. The van der Waals surface area contributed by atoms with Crippen LogP contribution in [0.25, 0.3) is 0 Å². The zero-order valence-electron chi connectivity index (χ0n) is 18.1. The van der Waals surface area contributed by atoms with E-state index in [1.165, 1.54) is 6.20 Å². The number of amides is 2. The second-order valence-electron chi connectivity index (χ2n) is 8.07. The lowest BCUT2D eigenvalue weighted by Crippen LogP contribution is -2.50. The average molecular weight is 461 g/mol. The first-order valence-electron chi connectivity index (χ1n) is 9.95. The van der Waals surface area contributed by atoms with Crippen LogP contribution in [0.2, 0.25) is 5.15 Å². The quantitative estimate of drug-likeness (QED) is 0.458. The van der Waals surface area contributed by atoms with Gasteiger partial charge in [-0.1, -0.05) is 16.8 Å². The Morgan fingerprint density at radius 1 is 1.16 bits per heavy atom. The van der Waals surface area contributed by atoms with E-state index in [9.17, 15) is 9.59 Å². The Bertz CT molecular complexity index is 985. The number of hydrogen-bond acceptors (Lipinski definition) is 9. The second-order valence-corrected chi connectivity index (χ2v) is 8.46. The fourth-order valence-electron chi connectivity index (χ4n) is 3.09. The second kappa shape index (κ2) is 9.77. The van der Waals surface area contributed by atoms with Crippen molar-refractivity contribution < 1.29 is 14.3 Å². The minimum absolute atomic E-state index is 0.0345. The van der Waals surface area contributed by atoms with Crippen molar-refractivity contribution >= 4 is 40.8 Å². The molecule has 0 saturated carbocycles. The van der Waals surface area contributed by atoms with E-state index in [1.54, 1.807) is 4.90 Å². The molecule has 0 radical (unpaired) electrons. The molecule has 2 heterocycles. The third-order valence-electron chi connectivity index (χ3n) is 4.54. The fraction of sp³-hybridized carbons (Fsp3) is 0.400. The highest BCUT2D eigenvalue weighted by Gasteiger charge is 2.26. The molecule has 12 heteroatoms. The van der Waals surface area contributed by atoms with Crippen molar-refractivity contribution in [1.29, 1.82) is 5.53 Å². The predicted molar refractivity (Wildman–Crippen MR) is 119 cm³/mol. The Balaban J connectivity index is 1.63. The molecule has 3 N–H and O–H groups in total. The highest BCUT2D eigenvalue weighted by Crippen LogP contribution is 2.24. The van der Waals surface area contributed by atoms with Crippen LogP contribution in [0.3, 0.4) is 0 Å². The summed E-state index contributed by atoms with van der Waals surface area (Å²) in [4.78, 5) is 36.2. The predicted octanol–water partition coefficient (Wildman–Crippen LogP) is 3.61. The van der Waals surface area contributed by atoms with E-state index in [1.807, 2.05) is 50.5 Å². The lowest BCUT2D eigenvalue weighted by atomic mass is 10.2. The molecule has 0 bridgehead atoms. The molecule has 3 rings (SSSR count). The first-order chi connectivity index (χ1) is 15.2. The van der Waals surface area contributed by atoms with Gasteiger partial charge in [-0.3, -0.25) is 4.79 Å². The number of piperazine rings is 1. The van der Waals surface area contributed by atoms with Gasteiger partial charge in [0.2, 0.25) is 0 Å². The molecule has 0 unspecified atom stereocenters. The highest BCUT2D eigenvalue weighted by atomic mass is 35.5. The molecule has 1 aromatic heterocycles. The van der Waals surface area contributed by atoms with Crippen LogP contribution in [0, 0.1) is 5.53 Å². The van der Waals surface area contributed by atoms with Gasteiger partial charge < -0.3 is 19.9 Å². The summed E-state index contributed by atoms with van der Waals surface area (Å²) in [5, 5.41) is 6.00. The minimum atomic E-state index is -0.675. The molecule has 0 aliphatic carbocycles. The molecule has 1 aliphatic rings. The molecule has 1 aliphatic heterocycles. The van der Waals surface area contributed by atoms with Gasteiger partial charge in [0.05, 0.1) is 6.20 Å². The number of benzene rings is 1. The smallest absolute Gasteiger partial charge is 0.410 e. The number of nitrogens with one attached hydrogen (secondary N) is 3. The third kappa shape index (κ3) is 6.03. The Kier molecular flexibility index (Phi) is 7.08. The van der Waals surface area contributed by atoms with E-state index < -0.39 is 11.5 Å². The van der Waals surface area contributed by atoms with Crippen LogP contribution >= 0.6 is 11.6 Å².